The Kier molecular flexibility index (Phi) is 5.85. The summed E-state index contributed by atoms with van der Waals surface area (Å²) in [4.78, 5) is 0. The lowest BCUT2D eigenvalue weighted by atomic mass is 10.3. The van der Waals surface area contributed by atoms with Crippen LogP contribution in [0.2, 0.25) is 15.1 Å². The van der Waals surface area contributed by atoms with Gasteiger partial charge in [0.1, 0.15) is 6.61 Å². The molecule has 2 rings (SSSR count). The molecule has 0 aliphatic heterocycles. The van der Waals surface area contributed by atoms with Crippen molar-refractivity contribution in [3.8, 4) is 5.75 Å². The molecule has 0 radical (unpaired) electrons. The minimum Gasteiger partial charge on any atom is -0.489 e. The van der Waals surface area contributed by atoms with Gasteiger partial charge < -0.3 is 10.1 Å². The van der Waals surface area contributed by atoms with Crippen molar-refractivity contribution in [2.45, 2.75) is 0 Å². The molecule has 2 aromatic carbocycles. The lowest BCUT2D eigenvalue weighted by Crippen LogP contribution is -2.11. The predicted molar refractivity (Wildman–Crippen MR) is 89.6 cm³/mol. The van der Waals surface area contributed by atoms with Crippen LogP contribution in [0.3, 0.4) is 0 Å². The fourth-order valence-electron chi connectivity index (χ4n) is 1.58. The molecule has 106 valence electrons. The van der Waals surface area contributed by atoms with Crippen LogP contribution in [0.1, 0.15) is 0 Å². The number of ether oxygens (including phenoxy) is 1. The summed E-state index contributed by atoms with van der Waals surface area (Å²) in [6.45, 7) is 1.08. The number of hydrogen-bond acceptors (Lipinski definition) is 2. The van der Waals surface area contributed by atoms with Crippen molar-refractivity contribution in [1.82, 2.24) is 0 Å². The lowest BCUT2D eigenvalue weighted by Gasteiger charge is -2.11. The molecule has 0 saturated heterocycles. The Morgan fingerprint density at radius 2 is 1.60 bits per heavy atom. The number of rotatable bonds is 5. The second-order valence-corrected chi connectivity index (χ2v) is 6.15. The van der Waals surface area contributed by atoms with Crippen molar-refractivity contribution in [2.75, 3.05) is 18.5 Å². The Labute approximate surface area is 141 Å². The summed E-state index contributed by atoms with van der Waals surface area (Å²) in [5.74, 6) is 0.454. The van der Waals surface area contributed by atoms with Crippen molar-refractivity contribution < 1.29 is 4.74 Å². The van der Waals surface area contributed by atoms with E-state index in [-0.39, 0.29) is 0 Å². The molecule has 6 heteroatoms. The highest BCUT2D eigenvalue weighted by atomic mass is 79.9. The van der Waals surface area contributed by atoms with Gasteiger partial charge in [0, 0.05) is 21.7 Å². The summed E-state index contributed by atoms with van der Waals surface area (Å²) in [6, 6.07) is 11.1. The first-order valence-electron chi connectivity index (χ1n) is 5.83. The Balaban J connectivity index is 1.86. The number of nitrogens with one attached hydrogen (secondary N) is 1. The molecular weight excluding hydrogens is 384 g/mol. The van der Waals surface area contributed by atoms with E-state index in [1.54, 1.807) is 12.1 Å². The van der Waals surface area contributed by atoms with Crippen LogP contribution in [0.4, 0.5) is 5.69 Å². The number of benzene rings is 2. The second-order valence-electron chi connectivity index (χ2n) is 3.98. The van der Waals surface area contributed by atoms with E-state index in [9.17, 15) is 0 Å². The fraction of sp³-hybridized carbons (Fsp3) is 0.143. The maximum Gasteiger partial charge on any atom is 0.156 e. The molecule has 0 bridgehead atoms. The molecule has 0 aliphatic rings. The van der Waals surface area contributed by atoms with Crippen molar-refractivity contribution in [3.63, 3.8) is 0 Å². The number of anilines is 1. The van der Waals surface area contributed by atoms with E-state index in [1.807, 2.05) is 24.3 Å². The van der Waals surface area contributed by atoms with Gasteiger partial charge in [0.05, 0.1) is 10.0 Å². The first-order valence-corrected chi connectivity index (χ1v) is 7.76. The molecule has 0 aliphatic carbocycles. The molecule has 2 aromatic rings. The molecule has 2 nitrogen and oxygen atoms in total. The van der Waals surface area contributed by atoms with Crippen molar-refractivity contribution in [2.24, 2.45) is 0 Å². The Hall–Kier alpha value is -0.610. The predicted octanol–water partition coefficient (Wildman–Crippen LogP) is 5.90. The topological polar surface area (TPSA) is 21.3 Å². The zero-order chi connectivity index (χ0) is 14.5. The molecule has 0 spiro atoms. The fourth-order valence-corrected chi connectivity index (χ4v) is 2.77. The zero-order valence-corrected chi connectivity index (χ0v) is 14.2. The van der Waals surface area contributed by atoms with Gasteiger partial charge in [-0.2, -0.15) is 0 Å². The quantitative estimate of drug-likeness (QED) is 0.637. The highest BCUT2D eigenvalue weighted by Gasteiger charge is 2.08. The van der Waals surface area contributed by atoms with Crippen LogP contribution in [-0.4, -0.2) is 13.2 Å². The van der Waals surface area contributed by atoms with Crippen LogP contribution in [0.5, 0.6) is 5.75 Å². The minimum absolute atomic E-state index is 0.408. The summed E-state index contributed by atoms with van der Waals surface area (Å²) in [5, 5.41) is 4.54. The largest absolute Gasteiger partial charge is 0.489 e. The van der Waals surface area contributed by atoms with Crippen LogP contribution in [0.25, 0.3) is 0 Å². The van der Waals surface area contributed by atoms with Crippen LogP contribution < -0.4 is 10.1 Å². The average Bonchev–Trinajstić information content (AvgIpc) is 2.39. The highest BCUT2D eigenvalue weighted by Crippen LogP contribution is 2.35. The number of halogens is 4. The molecule has 1 N–H and O–H groups in total. The maximum absolute atomic E-state index is 6.03. The Bertz CT molecular complexity index is 566. The molecule has 0 atom stereocenters. The van der Waals surface area contributed by atoms with Gasteiger partial charge in [0.15, 0.2) is 5.75 Å². The molecule has 0 heterocycles. The van der Waals surface area contributed by atoms with E-state index in [2.05, 4.69) is 21.2 Å². The SMILES string of the molecule is Clc1cc(Cl)c(OCCNc2ccc(Br)cc2)c(Cl)c1. The van der Waals surface area contributed by atoms with Gasteiger partial charge in [-0.15, -0.1) is 0 Å². The van der Waals surface area contributed by atoms with Gasteiger partial charge in [-0.25, -0.2) is 0 Å². The van der Waals surface area contributed by atoms with E-state index >= 15 is 0 Å². The van der Waals surface area contributed by atoms with E-state index in [0.717, 1.165) is 10.2 Å². The van der Waals surface area contributed by atoms with Crippen LogP contribution in [-0.2, 0) is 0 Å². The van der Waals surface area contributed by atoms with Gasteiger partial charge in [0.25, 0.3) is 0 Å². The number of hydrogen-bond donors (Lipinski definition) is 1. The molecule has 0 aromatic heterocycles. The maximum atomic E-state index is 6.03. The lowest BCUT2D eigenvalue weighted by molar-refractivity contribution is 0.333. The van der Waals surface area contributed by atoms with Crippen LogP contribution in [0.15, 0.2) is 40.9 Å². The van der Waals surface area contributed by atoms with Crippen molar-refractivity contribution >= 4 is 56.4 Å². The molecule has 0 saturated carbocycles. The third-order valence-corrected chi connectivity index (χ3v) is 3.79. The van der Waals surface area contributed by atoms with Gasteiger partial charge in [0.2, 0.25) is 0 Å². The van der Waals surface area contributed by atoms with Crippen LogP contribution in [0, 0.1) is 0 Å². The summed E-state index contributed by atoms with van der Waals surface area (Å²) in [7, 11) is 0. The molecule has 0 fully saturated rings. The monoisotopic (exact) mass is 393 g/mol. The molecule has 0 amide bonds. The zero-order valence-electron chi connectivity index (χ0n) is 10.3. The van der Waals surface area contributed by atoms with E-state index < -0.39 is 0 Å². The van der Waals surface area contributed by atoms with E-state index in [4.69, 9.17) is 39.5 Å². The standard InChI is InChI=1S/C14H11BrCl3NO/c15-9-1-3-11(4-2-9)19-5-6-20-14-12(17)7-10(16)8-13(14)18/h1-4,7-8,19H,5-6H2. The normalized spacial score (nSPS) is 10.4. The first kappa shape index (κ1) is 15.8. The van der Waals surface area contributed by atoms with Crippen LogP contribution >= 0.6 is 50.7 Å². The summed E-state index contributed by atoms with van der Waals surface area (Å²) in [5.41, 5.74) is 1.02. The van der Waals surface area contributed by atoms with Gasteiger partial charge in [-0.05, 0) is 36.4 Å². The second kappa shape index (κ2) is 7.41. The first-order chi connectivity index (χ1) is 9.56. The van der Waals surface area contributed by atoms with Gasteiger partial charge in [-0.3, -0.25) is 0 Å². The molecule has 0 unspecified atom stereocenters. The highest BCUT2D eigenvalue weighted by molar-refractivity contribution is 9.10. The van der Waals surface area contributed by atoms with Gasteiger partial charge >= 0.3 is 0 Å². The summed E-state index contributed by atoms with van der Waals surface area (Å²) in [6.07, 6.45) is 0. The Morgan fingerprint density at radius 3 is 2.20 bits per heavy atom. The van der Waals surface area contributed by atoms with Crippen molar-refractivity contribution in [3.05, 3.63) is 55.9 Å². The summed E-state index contributed by atoms with van der Waals surface area (Å²) >= 11 is 21.3. The van der Waals surface area contributed by atoms with Gasteiger partial charge in [-0.1, -0.05) is 50.7 Å². The van der Waals surface area contributed by atoms with E-state index in [0.29, 0.717) is 34.0 Å². The minimum atomic E-state index is 0.408. The smallest absolute Gasteiger partial charge is 0.156 e. The molecular formula is C14H11BrCl3NO. The average molecular weight is 396 g/mol. The molecule has 20 heavy (non-hydrogen) atoms. The third-order valence-electron chi connectivity index (χ3n) is 2.48. The third kappa shape index (κ3) is 4.45. The Morgan fingerprint density at radius 1 is 1.00 bits per heavy atom. The van der Waals surface area contributed by atoms with Crippen molar-refractivity contribution in [1.29, 1.82) is 0 Å². The van der Waals surface area contributed by atoms with E-state index in [1.165, 1.54) is 0 Å². The summed E-state index contributed by atoms with van der Waals surface area (Å²) < 4.78 is 6.61.